The minimum absolute atomic E-state index is 0.152. The van der Waals surface area contributed by atoms with E-state index < -0.39 is 6.10 Å². The molecule has 0 saturated heterocycles. The molecular formula is C17H18FNO. The van der Waals surface area contributed by atoms with Crippen LogP contribution in [0.15, 0.2) is 42.5 Å². The van der Waals surface area contributed by atoms with Crippen molar-refractivity contribution >= 4 is 5.69 Å². The molecule has 0 fully saturated rings. The molecule has 0 aliphatic carbocycles. The number of halogens is 1. The summed E-state index contributed by atoms with van der Waals surface area (Å²) < 4.78 is 13.9. The van der Waals surface area contributed by atoms with Gasteiger partial charge < -0.3 is 10.4 Å². The topological polar surface area (TPSA) is 32.3 Å². The highest BCUT2D eigenvalue weighted by Gasteiger charge is 2.27. The second kappa shape index (κ2) is 5.25. The van der Waals surface area contributed by atoms with Crippen molar-refractivity contribution in [2.45, 2.75) is 31.9 Å². The quantitative estimate of drug-likeness (QED) is 0.874. The van der Waals surface area contributed by atoms with Gasteiger partial charge in [0.15, 0.2) is 0 Å². The van der Waals surface area contributed by atoms with Gasteiger partial charge in [0.05, 0.1) is 6.04 Å². The molecule has 104 valence electrons. The summed E-state index contributed by atoms with van der Waals surface area (Å²) in [7, 11) is 0. The molecule has 2 aromatic rings. The van der Waals surface area contributed by atoms with Crippen LogP contribution in [-0.2, 0) is 6.42 Å². The molecule has 0 amide bonds. The Hall–Kier alpha value is -1.87. The van der Waals surface area contributed by atoms with Crippen molar-refractivity contribution in [2.24, 2.45) is 0 Å². The number of aliphatic hydroxyl groups is 1. The first-order valence-electron chi connectivity index (χ1n) is 6.94. The number of benzene rings is 2. The largest absolute Gasteiger partial charge is 0.386 e. The Labute approximate surface area is 118 Å². The van der Waals surface area contributed by atoms with Gasteiger partial charge in [-0.05, 0) is 37.5 Å². The number of fused-ring (bicyclic) bond motifs is 1. The zero-order valence-corrected chi connectivity index (χ0v) is 11.4. The lowest BCUT2D eigenvalue weighted by molar-refractivity contribution is 0.144. The summed E-state index contributed by atoms with van der Waals surface area (Å²) in [5.41, 5.74) is 3.62. The third-order valence-electron chi connectivity index (χ3n) is 3.93. The molecule has 2 unspecified atom stereocenters. The molecule has 0 spiro atoms. The second-order valence-electron chi connectivity index (χ2n) is 5.42. The minimum atomic E-state index is -0.830. The average molecular weight is 271 g/mol. The first-order valence-corrected chi connectivity index (χ1v) is 6.94. The lowest BCUT2D eigenvalue weighted by Gasteiger charge is -2.31. The van der Waals surface area contributed by atoms with Crippen LogP contribution in [0.25, 0.3) is 0 Å². The summed E-state index contributed by atoms with van der Waals surface area (Å²) >= 11 is 0. The van der Waals surface area contributed by atoms with Gasteiger partial charge >= 0.3 is 0 Å². The van der Waals surface area contributed by atoms with Crippen molar-refractivity contribution in [3.8, 4) is 0 Å². The zero-order chi connectivity index (χ0) is 14.1. The van der Waals surface area contributed by atoms with Crippen molar-refractivity contribution < 1.29 is 9.50 Å². The smallest absolute Gasteiger partial charge is 0.129 e. The number of rotatable bonds is 2. The summed E-state index contributed by atoms with van der Waals surface area (Å²) in [5, 5.41) is 13.8. The van der Waals surface area contributed by atoms with Crippen molar-refractivity contribution in [1.29, 1.82) is 0 Å². The van der Waals surface area contributed by atoms with E-state index in [4.69, 9.17) is 0 Å². The molecule has 1 aliphatic rings. The fourth-order valence-electron chi connectivity index (χ4n) is 2.81. The Balaban J connectivity index is 1.85. The van der Waals surface area contributed by atoms with E-state index in [0.717, 1.165) is 24.1 Å². The molecule has 0 bridgehead atoms. The van der Waals surface area contributed by atoms with Crippen LogP contribution < -0.4 is 5.32 Å². The molecule has 1 heterocycles. The van der Waals surface area contributed by atoms with Crippen LogP contribution in [0.2, 0.25) is 0 Å². The van der Waals surface area contributed by atoms with Crippen LogP contribution in [-0.4, -0.2) is 11.1 Å². The van der Waals surface area contributed by atoms with Gasteiger partial charge in [0.2, 0.25) is 0 Å². The summed E-state index contributed by atoms with van der Waals surface area (Å²) in [6.45, 7) is 1.90. The molecule has 2 nitrogen and oxygen atoms in total. The maximum atomic E-state index is 13.9. The number of anilines is 1. The zero-order valence-electron chi connectivity index (χ0n) is 11.4. The molecule has 1 aliphatic heterocycles. The van der Waals surface area contributed by atoms with Crippen LogP contribution in [0, 0.1) is 12.7 Å². The Morgan fingerprint density at radius 1 is 1.25 bits per heavy atom. The molecule has 3 rings (SSSR count). The fraction of sp³-hybridized carbons (Fsp3) is 0.294. The van der Waals surface area contributed by atoms with Crippen molar-refractivity contribution in [2.75, 3.05) is 5.32 Å². The van der Waals surface area contributed by atoms with Gasteiger partial charge in [-0.25, -0.2) is 4.39 Å². The standard InChI is InChI=1S/C17H18FNO/c1-11-6-8-14(18)13(10-11)17(20)16-9-7-12-4-2-3-5-15(12)19-16/h2-6,8,10,16-17,19-20H,7,9H2,1H3. The maximum Gasteiger partial charge on any atom is 0.129 e. The lowest BCUT2D eigenvalue weighted by atomic mass is 9.91. The van der Waals surface area contributed by atoms with Gasteiger partial charge in [-0.15, -0.1) is 0 Å². The molecule has 0 saturated carbocycles. The van der Waals surface area contributed by atoms with E-state index in [2.05, 4.69) is 11.4 Å². The number of hydrogen-bond acceptors (Lipinski definition) is 2. The van der Waals surface area contributed by atoms with Gasteiger partial charge in [0.1, 0.15) is 11.9 Å². The Morgan fingerprint density at radius 2 is 2.05 bits per heavy atom. The van der Waals surface area contributed by atoms with Crippen LogP contribution in [0.1, 0.15) is 29.2 Å². The van der Waals surface area contributed by atoms with E-state index >= 15 is 0 Å². The van der Waals surface area contributed by atoms with Crippen molar-refractivity contribution in [3.63, 3.8) is 0 Å². The monoisotopic (exact) mass is 271 g/mol. The highest BCUT2D eigenvalue weighted by atomic mass is 19.1. The van der Waals surface area contributed by atoms with E-state index in [1.165, 1.54) is 11.6 Å². The molecule has 2 aromatic carbocycles. The van der Waals surface area contributed by atoms with Crippen LogP contribution >= 0.6 is 0 Å². The summed E-state index contributed by atoms with van der Waals surface area (Å²) in [6, 6.07) is 12.8. The Kier molecular flexibility index (Phi) is 3.45. The van der Waals surface area contributed by atoms with E-state index in [0.29, 0.717) is 5.56 Å². The Bertz CT molecular complexity index is 626. The summed E-state index contributed by atoms with van der Waals surface area (Å²) in [5.74, 6) is -0.344. The number of nitrogens with one attached hydrogen (secondary N) is 1. The molecule has 20 heavy (non-hydrogen) atoms. The lowest BCUT2D eigenvalue weighted by Crippen LogP contribution is -2.32. The maximum absolute atomic E-state index is 13.9. The van der Waals surface area contributed by atoms with E-state index in [9.17, 15) is 9.50 Å². The van der Waals surface area contributed by atoms with E-state index in [-0.39, 0.29) is 11.9 Å². The number of aliphatic hydroxyl groups excluding tert-OH is 1. The minimum Gasteiger partial charge on any atom is -0.386 e. The Morgan fingerprint density at radius 3 is 2.90 bits per heavy atom. The number of aryl methyl sites for hydroxylation is 2. The van der Waals surface area contributed by atoms with Crippen molar-refractivity contribution in [1.82, 2.24) is 0 Å². The van der Waals surface area contributed by atoms with E-state index in [1.54, 1.807) is 12.1 Å². The highest BCUT2D eigenvalue weighted by molar-refractivity contribution is 5.54. The number of hydrogen-bond donors (Lipinski definition) is 2. The molecular weight excluding hydrogens is 253 g/mol. The van der Waals surface area contributed by atoms with Crippen LogP contribution in [0.3, 0.4) is 0 Å². The molecule has 2 atom stereocenters. The third-order valence-corrected chi connectivity index (χ3v) is 3.93. The van der Waals surface area contributed by atoms with Crippen LogP contribution in [0.5, 0.6) is 0 Å². The molecule has 3 heteroatoms. The van der Waals surface area contributed by atoms with Gasteiger partial charge in [-0.2, -0.15) is 0 Å². The second-order valence-corrected chi connectivity index (χ2v) is 5.42. The molecule has 2 N–H and O–H groups in total. The molecule has 0 aromatic heterocycles. The predicted octanol–water partition coefficient (Wildman–Crippen LogP) is 3.59. The van der Waals surface area contributed by atoms with Gasteiger partial charge in [-0.1, -0.05) is 35.9 Å². The number of para-hydroxylation sites is 1. The average Bonchev–Trinajstić information content (AvgIpc) is 2.48. The van der Waals surface area contributed by atoms with Gasteiger partial charge in [0.25, 0.3) is 0 Å². The molecule has 0 radical (unpaired) electrons. The van der Waals surface area contributed by atoms with Gasteiger partial charge in [-0.3, -0.25) is 0 Å². The summed E-state index contributed by atoms with van der Waals surface area (Å²) in [4.78, 5) is 0. The third kappa shape index (κ3) is 2.41. The first kappa shape index (κ1) is 13.1. The summed E-state index contributed by atoms with van der Waals surface area (Å²) in [6.07, 6.45) is 0.868. The highest BCUT2D eigenvalue weighted by Crippen LogP contribution is 2.31. The van der Waals surface area contributed by atoms with Crippen LogP contribution in [0.4, 0.5) is 10.1 Å². The fourth-order valence-corrected chi connectivity index (χ4v) is 2.81. The predicted molar refractivity (Wildman–Crippen MR) is 78.3 cm³/mol. The first-order chi connectivity index (χ1) is 9.65. The van der Waals surface area contributed by atoms with Gasteiger partial charge in [0, 0.05) is 11.3 Å². The SMILES string of the molecule is Cc1ccc(F)c(C(O)C2CCc3ccccc3N2)c1. The van der Waals surface area contributed by atoms with E-state index in [1.807, 2.05) is 25.1 Å². The normalized spacial score (nSPS) is 19.1. The van der Waals surface area contributed by atoms with Crippen molar-refractivity contribution in [3.05, 3.63) is 65.0 Å².